The molecule has 0 saturated heterocycles. The zero-order valence-electron chi connectivity index (χ0n) is 14.1. The molecular formula is C19H16Cl4N2OS. The Labute approximate surface area is 182 Å². The van der Waals surface area contributed by atoms with Gasteiger partial charge < -0.3 is 9.30 Å². The molecule has 1 aromatic heterocycles. The third-order valence-corrected chi connectivity index (χ3v) is 6.35. The van der Waals surface area contributed by atoms with Gasteiger partial charge in [0, 0.05) is 23.8 Å². The number of aromatic nitrogens is 2. The summed E-state index contributed by atoms with van der Waals surface area (Å²) in [6.45, 7) is 1.76. The molecule has 0 aliphatic heterocycles. The Bertz CT molecular complexity index is 889. The second-order valence-corrected chi connectivity index (χ2v) is 8.84. The van der Waals surface area contributed by atoms with Crippen molar-refractivity contribution >= 4 is 58.2 Å². The Morgan fingerprint density at radius 1 is 0.963 bits per heavy atom. The highest BCUT2D eigenvalue weighted by molar-refractivity contribution is 8.00. The fourth-order valence-corrected chi connectivity index (χ4v) is 4.25. The van der Waals surface area contributed by atoms with E-state index in [2.05, 4.69) is 4.98 Å². The molecule has 0 bridgehead atoms. The summed E-state index contributed by atoms with van der Waals surface area (Å²) in [6.07, 6.45) is 5.49. The lowest BCUT2D eigenvalue weighted by Crippen LogP contribution is -2.18. The summed E-state index contributed by atoms with van der Waals surface area (Å²) in [5.41, 5.74) is 0.977. The van der Waals surface area contributed by atoms with Crippen molar-refractivity contribution in [2.75, 3.05) is 6.61 Å². The number of benzene rings is 2. The number of imidazole rings is 1. The van der Waals surface area contributed by atoms with Crippen LogP contribution >= 0.6 is 58.2 Å². The van der Waals surface area contributed by atoms with Crippen molar-refractivity contribution in [1.29, 1.82) is 0 Å². The highest BCUT2D eigenvalue weighted by Crippen LogP contribution is 2.31. The van der Waals surface area contributed by atoms with Gasteiger partial charge in [0.1, 0.15) is 0 Å². The van der Waals surface area contributed by atoms with E-state index in [1.54, 1.807) is 36.4 Å². The van der Waals surface area contributed by atoms with Gasteiger partial charge in [-0.25, -0.2) is 4.98 Å². The molecule has 8 heteroatoms. The molecule has 1 atom stereocenters. The van der Waals surface area contributed by atoms with Gasteiger partial charge in [0.05, 0.1) is 44.9 Å². The number of hydrogen-bond acceptors (Lipinski definition) is 3. The Hall–Kier alpha value is -0.880. The summed E-state index contributed by atoms with van der Waals surface area (Å²) in [5.74, 6) is 0. The summed E-state index contributed by atoms with van der Waals surface area (Å²) in [7, 11) is 0. The van der Waals surface area contributed by atoms with Gasteiger partial charge in [0.15, 0.2) is 0 Å². The summed E-state index contributed by atoms with van der Waals surface area (Å²) < 4.78 is 7.96. The van der Waals surface area contributed by atoms with Gasteiger partial charge in [-0.1, -0.05) is 52.5 Å². The smallest absolute Gasteiger partial charge is 0.0946 e. The third-order valence-electron chi connectivity index (χ3n) is 3.72. The van der Waals surface area contributed by atoms with Crippen LogP contribution in [0.2, 0.25) is 20.1 Å². The zero-order chi connectivity index (χ0) is 19.2. The fourth-order valence-electron chi connectivity index (χ4n) is 2.43. The lowest BCUT2D eigenvalue weighted by molar-refractivity contribution is 0.119. The number of ether oxygens (including phenoxy) is 1. The van der Waals surface area contributed by atoms with E-state index in [4.69, 9.17) is 51.1 Å². The van der Waals surface area contributed by atoms with Crippen LogP contribution in [0, 0.1) is 0 Å². The predicted molar refractivity (Wildman–Crippen MR) is 114 cm³/mol. The van der Waals surface area contributed by atoms with Crippen molar-refractivity contribution in [3.05, 3.63) is 80.8 Å². The van der Waals surface area contributed by atoms with Crippen LogP contribution in [0.1, 0.15) is 5.56 Å². The summed E-state index contributed by atoms with van der Waals surface area (Å²) in [5, 5.41) is 2.31. The number of nitrogens with zero attached hydrogens (tertiary/aromatic N) is 2. The topological polar surface area (TPSA) is 27.1 Å². The van der Waals surface area contributed by atoms with Gasteiger partial charge in [0.25, 0.3) is 0 Å². The van der Waals surface area contributed by atoms with Crippen LogP contribution in [0.3, 0.4) is 0 Å². The molecule has 3 nitrogen and oxygen atoms in total. The van der Waals surface area contributed by atoms with Crippen molar-refractivity contribution in [2.45, 2.75) is 23.3 Å². The molecule has 0 saturated carbocycles. The van der Waals surface area contributed by atoms with Crippen molar-refractivity contribution in [2.24, 2.45) is 0 Å². The lowest BCUT2D eigenvalue weighted by Gasteiger charge is -2.18. The van der Waals surface area contributed by atoms with Crippen LogP contribution in [0.25, 0.3) is 0 Å². The molecule has 3 aromatic rings. The third kappa shape index (κ3) is 6.31. The summed E-state index contributed by atoms with van der Waals surface area (Å²) in [6, 6.07) is 11.1. The first-order valence-corrected chi connectivity index (χ1v) is 10.5. The highest BCUT2D eigenvalue weighted by Gasteiger charge is 2.13. The van der Waals surface area contributed by atoms with Crippen LogP contribution in [0.4, 0.5) is 0 Å². The molecule has 1 unspecified atom stereocenters. The molecule has 0 radical (unpaired) electrons. The monoisotopic (exact) mass is 460 g/mol. The second-order valence-electron chi connectivity index (χ2n) is 5.84. The maximum absolute atomic E-state index is 6.14. The average Bonchev–Trinajstić information content (AvgIpc) is 3.14. The number of halogens is 4. The van der Waals surface area contributed by atoms with E-state index in [1.165, 1.54) is 0 Å². The Morgan fingerprint density at radius 3 is 2.37 bits per heavy atom. The SMILES string of the molecule is Clc1ccc(COCC(Cn2ccnc2)Sc2ccc(Cl)c(Cl)c2)cc1Cl. The number of rotatable bonds is 8. The first-order chi connectivity index (χ1) is 13.0. The van der Waals surface area contributed by atoms with Gasteiger partial charge in [-0.15, -0.1) is 11.8 Å². The molecule has 1 heterocycles. The number of thioether (sulfide) groups is 1. The lowest BCUT2D eigenvalue weighted by atomic mass is 10.2. The Kier molecular flexibility index (Phi) is 7.76. The van der Waals surface area contributed by atoms with E-state index in [9.17, 15) is 0 Å². The van der Waals surface area contributed by atoms with Gasteiger partial charge >= 0.3 is 0 Å². The molecule has 0 N–H and O–H groups in total. The minimum absolute atomic E-state index is 0.166. The van der Waals surface area contributed by atoms with Crippen molar-refractivity contribution in [3.63, 3.8) is 0 Å². The summed E-state index contributed by atoms with van der Waals surface area (Å²) in [4.78, 5) is 5.14. The molecule has 0 fully saturated rings. The van der Waals surface area contributed by atoms with Crippen LogP contribution in [0.5, 0.6) is 0 Å². The maximum atomic E-state index is 6.14. The zero-order valence-corrected chi connectivity index (χ0v) is 18.0. The van der Waals surface area contributed by atoms with Gasteiger partial charge in [-0.3, -0.25) is 0 Å². The van der Waals surface area contributed by atoms with Gasteiger partial charge in [0.2, 0.25) is 0 Å². The summed E-state index contributed by atoms with van der Waals surface area (Å²) >= 11 is 25.8. The maximum Gasteiger partial charge on any atom is 0.0946 e. The minimum Gasteiger partial charge on any atom is -0.376 e. The first kappa shape index (κ1) is 20.8. The average molecular weight is 462 g/mol. The molecule has 142 valence electrons. The normalized spacial score (nSPS) is 12.3. The van der Waals surface area contributed by atoms with Crippen LogP contribution in [0.15, 0.2) is 60.0 Å². The van der Waals surface area contributed by atoms with E-state index in [1.807, 2.05) is 35.0 Å². The predicted octanol–water partition coefficient (Wildman–Crippen LogP) is 6.87. The fraction of sp³-hybridized carbons (Fsp3) is 0.211. The van der Waals surface area contributed by atoms with E-state index < -0.39 is 0 Å². The molecular weight excluding hydrogens is 446 g/mol. The molecule has 2 aromatic carbocycles. The van der Waals surface area contributed by atoms with E-state index in [0.717, 1.165) is 17.0 Å². The van der Waals surface area contributed by atoms with Crippen molar-refractivity contribution < 1.29 is 4.74 Å². The largest absolute Gasteiger partial charge is 0.376 e. The molecule has 0 spiro atoms. The van der Waals surface area contributed by atoms with Gasteiger partial charge in [-0.2, -0.15) is 0 Å². The highest BCUT2D eigenvalue weighted by atomic mass is 35.5. The van der Waals surface area contributed by atoms with E-state index in [0.29, 0.717) is 33.3 Å². The molecule has 27 heavy (non-hydrogen) atoms. The quantitative estimate of drug-likeness (QED) is 0.342. The first-order valence-electron chi connectivity index (χ1n) is 8.10. The standard InChI is InChI=1S/C19H16Cl4N2OS/c20-16-3-1-13(7-18(16)22)10-26-11-15(9-25-6-5-24-12-25)27-14-2-4-17(21)19(23)8-14/h1-8,12,15H,9-11H2. The molecule has 3 rings (SSSR count). The van der Waals surface area contributed by atoms with E-state index >= 15 is 0 Å². The van der Waals surface area contributed by atoms with Gasteiger partial charge in [-0.05, 0) is 35.9 Å². The van der Waals surface area contributed by atoms with E-state index in [-0.39, 0.29) is 5.25 Å². The Morgan fingerprint density at radius 2 is 1.70 bits per heavy atom. The van der Waals surface area contributed by atoms with Crippen LogP contribution < -0.4 is 0 Å². The van der Waals surface area contributed by atoms with Crippen LogP contribution in [-0.4, -0.2) is 21.4 Å². The Balaban J connectivity index is 1.63. The second kappa shape index (κ2) is 10.1. The molecule has 0 amide bonds. The molecule has 0 aliphatic rings. The van der Waals surface area contributed by atoms with Crippen molar-refractivity contribution in [3.8, 4) is 0 Å². The molecule has 0 aliphatic carbocycles. The van der Waals surface area contributed by atoms with Crippen LogP contribution in [-0.2, 0) is 17.9 Å². The minimum atomic E-state index is 0.166. The number of hydrogen-bond donors (Lipinski definition) is 0. The van der Waals surface area contributed by atoms with Crippen molar-refractivity contribution in [1.82, 2.24) is 9.55 Å².